The molecule has 3 rings (SSSR count). The van der Waals surface area contributed by atoms with Crippen LogP contribution in [0.2, 0.25) is 0 Å². The highest BCUT2D eigenvalue weighted by molar-refractivity contribution is 5.87. The lowest BCUT2D eigenvalue weighted by Crippen LogP contribution is -2.49. The molecule has 1 aliphatic rings. The normalized spacial score (nSPS) is 17.1. The molecule has 2 aromatic carbocycles. The summed E-state index contributed by atoms with van der Waals surface area (Å²) in [5.74, 6) is 0.135. The Labute approximate surface area is 137 Å². The van der Waals surface area contributed by atoms with Crippen molar-refractivity contribution in [1.82, 2.24) is 4.90 Å². The number of carbonyl (C=O) groups excluding carboxylic acids is 1. The molecule has 2 aromatic rings. The first kappa shape index (κ1) is 16.0. The molecule has 1 saturated heterocycles. The third-order valence-corrected chi connectivity index (χ3v) is 4.93. The zero-order valence-electron chi connectivity index (χ0n) is 13.6. The molecular weight excluding hydrogens is 288 g/mol. The van der Waals surface area contributed by atoms with Crippen LogP contribution in [-0.2, 0) is 16.1 Å². The number of fused-ring (bicyclic) bond motifs is 1. The molecule has 2 N–H and O–H groups in total. The Morgan fingerprint density at radius 1 is 1.17 bits per heavy atom. The van der Waals surface area contributed by atoms with Gasteiger partial charge in [0.1, 0.15) is 0 Å². The van der Waals surface area contributed by atoms with Crippen LogP contribution in [0.4, 0.5) is 0 Å². The molecule has 0 radical (unpaired) electrons. The molecule has 1 amide bonds. The fraction of sp³-hybridized carbons (Fsp3) is 0.421. The second-order valence-corrected chi connectivity index (χ2v) is 6.40. The molecule has 0 unspecified atom stereocenters. The average Bonchev–Trinajstić information content (AvgIpc) is 2.62. The van der Waals surface area contributed by atoms with Gasteiger partial charge < -0.3 is 15.4 Å². The molecule has 4 heteroatoms. The number of amides is 1. The summed E-state index contributed by atoms with van der Waals surface area (Å²) in [5.41, 5.74) is 6.66. The molecule has 1 fully saturated rings. The number of rotatable bonds is 4. The van der Waals surface area contributed by atoms with Crippen LogP contribution in [0.15, 0.2) is 42.5 Å². The highest BCUT2D eigenvalue weighted by Crippen LogP contribution is 2.32. The van der Waals surface area contributed by atoms with Crippen molar-refractivity contribution in [2.45, 2.75) is 19.4 Å². The summed E-state index contributed by atoms with van der Waals surface area (Å²) in [6.07, 6.45) is 1.42. The van der Waals surface area contributed by atoms with Gasteiger partial charge >= 0.3 is 0 Å². The Bertz CT molecular complexity index is 687. The number of benzene rings is 2. The lowest BCUT2D eigenvalue weighted by atomic mass is 9.79. The van der Waals surface area contributed by atoms with Gasteiger partial charge in [0, 0.05) is 33.4 Å². The van der Waals surface area contributed by atoms with E-state index in [1.54, 1.807) is 0 Å². The zero-order valence-corrected chi connectivity index (χ0v) is 13.6. The summed E-state index contributed by atoms with van der Waals surface area (Å²) >= 11 is 0. The van der Waals surface area contributed by atoms with Crippen molar-refractivity contribution < 1.29 is 9.53 Å². The number of nitrogens with two attached hydrogens (primary N) is 1. The second kappa shape index (κ2) is 6.69. The van der Waals surface area contributed by atoms with Crippen molar-refractivity contribution in [1.29, 1.82) is 0 Å². The summed E-state index contributed by atoms with van der Waals surface area (Å²) in [6, 6.07) is 14.5. The lowest BCUT2D eigenvalue weighted by molar-refractivity contribution is -0.146. The second-order valence-electron chi connectivity index (χ2n) is 6.40. The summed E-state index contributed by atoms with van der Waals surface area (Å²) in [6.45, 7) is 2.22. The summed E-state index contributed by atoms with van der Waals surface area (Å²) < 4.78 is 5.41. The SMILES string of the molecule is CN(Cc1cccc2ccccc12)C(=O)C1(CN)CCOCC1. The van der Waals surface area contributed by atoms with Gasteiger partial charge in [0.15, 0.2) is 0 Å². The van der Waals surface area contributed by atoms with E-state index in [9.17, 15) is 4.79 Å². The maximum atomic E-state index is 13.0. The van der Waals surface area contributed by atoms with Crippen molar-refractivity contribution in [3.8, 4) is 0 Å². The fourth-order valence-electron chi connectivity index (χ4n) is 3.43. The average molecular weight is 312 g/mol. The Kier molecular flexibility index (Phi) is 4.64. The molecule has 0 aromatic heterocycles. The highest BCUT2D eigenvalue weighted by Gasteiger charge is 2.40. The molecule has 1 aliphatic heterocycles. The van der Waals surface area contributed by atoms with Gasteiger partial charge in [-0.2, -0.15) is 0 Å². The van der Waals surface area contributed by atoms with E-state index >= 15 is 0 Å². The van der Waals surface area contributed by atoms with Crippen molar-refractivity contribution in [2.24, 2.45) is 11.1 Å². The lowest BCUT2D eigenvalue weighted by Gasteiger charge is -2.37. The molecule has 0 bridgehead atoms. The van der Waals surface area contributed by atoms with Gasteiger partial charge in [-0.3, -0.25) is 4.79 Å². The van der Waals surface area contributed by atoms with Crippen molar-refractivity contribution >= 4 is 16.7 Å². The molecule has 0 aliphatic carbocycles. The van der Waals surface area contributed by atoms with Gasteiger partial charge in [-0.15, -0.1) is 0 Å². The van der Waals surface area contributed by atoms with Gasteiger partial charge in [0.2, 0.25) is 5.91 Å². The number of carbonyl (C=O) groups is 1. The summed E-state index contributed by atoms with van der Waals surface area (Å²) in [4.78, 5) is 14.8. The Morgan fingerprint density at radius 3 is 2.61 bits per heavy atom. The number of hydrogen-bond acceptors (Lipinski definition) is 3. The molecule has 0 spiro atoms. The van der Waals surface area contributed by atoms with E-state index in [1.807, 2.05) is 30.1 Å². The van der Waals surface area contributed by atoms with E-state index in [4.69, 9.17) is 10.5 Å². The maximum Gasteiger partial charge on any atom is 0.230 e. The largest absolute Gasteiger partial charge is 0.381 e. The molecule has 0 atom stereocenters. The van der Waals surface area contributed by atoms with E-state index in [0.717, 1.165) is 5.56 Å². The van der Waals surface area contributed by atoms with E-state index in [0.29, 0.717) is 39.1 Å². The molecular formula is C19H24N2O2. The minimum atomic E-state index is -0.461. The minimum absolute atomic E-state index is 0.135. The molecule has 4 nitrogen and oxygen atoms in total. The van der Waals surface area contributed by atoms with E-state index < -0.39 is 5.41 Å². The molecule has 0 saturated carbocycles. The van der Waals surface area contributed by atoms with Gasteiger partial charge in [-0.1, -0.05) is 42.5 Å². The van der Waals surface area contributed by atoms with E-state index in [2.05, 4.69) is 24.3 Å². The Morgan fingerprint density at radius 2 is 1.87 bits per heavy atom. The van der Waals surface area contributed by atoms with Crippen LogP contribution in [0.25, 0.3) is 10.8 Å². The Hall–Kier alpha value is -1.91. The fourth-order valence-corrected chi connectivity index (χ4v) is 3.43. The number of ether oxygens (including phenoxy) is 1. The minimum Gasteiger partial charge on any atom is -0.381 e. The predicted octanol–water partition coefficient (Wildman–Crippen LogP) is 2.55. The summed E-state index contributed by atoms with van der Waals surface area (Å²) in [5, 5.41) is 2.40. The first-order valence-electron chi connectivity index (χ1n) is 8.16. The van der Waals surface area contributed by atoms with E-state index in [1.165, 1.54) is 10.8 Å². The monoisotopic (exact) mass is 312 g/mol. The van der Waals surface area contributed by atoms with Crippen LogP contribution in [0, 0.1) is 5.41 Å². The number of hydrogen-bond donors (Lipinski definition) is 1. The topological polar surface area (TPSA) is 55.6 Å². The van der Waals surface area contributed by atoms with Crippen molar-refractivity contribution in [3.05, 3.63) is 48.0 Å². The van der Waals surface area contributed by atoms with Gasteiger partial charge in [-0.25, -0.2) is 0 Å². The van der Waals surface area contributed by atoms with Gasteiger partial charge in [0.05, 0.1) is 5.41 Å². The molecule has 1 heterocycles. The molecule has 122 valence electrons. The van der Waals surface area contributed by atoms with Gasteiger partial charge in [-0.05, 0) is 29.2 Å². The first-order chi connectivity index (χ1) is 11.2. The molecule has 23 heavy (non-hydrogen) atoms. The third kappa shape index (κ3) is 3.09. The zero-order chi connectivity index (χ0) is 16.3. The summed E-state index contributed by atoms with van der Waals surface area (Å²) in [7, 11) is 1.87. The maximum absolute atomic E-state index is 13.0. The van der Waals surface area contributed by atoms with Crippen molar-refractivity contribution in [2.75, 3.05) is 26.8 Å². The van der Waals surface area contributed by atoms with Crippen LogP contribution in [-0.4, -0.2) is 37.6 Å². The van der Waals surface area contributed by atoms with Crippen LogP contribution in [0.5, 0.6) is 0 Å². The van der Waals surface area contributed by atoms with Crippen molar-refractivity contribution in [3.63, 3.8) is 0 Å². The van der Waals surface area contributed by atoms with Crippen LogP contribution in [0.1, 0.15) is 18.4 Å². The highest BCUT2D eigenvalue weighted by atomic mass is 16.5. The predicted molar refractivity (Wildman–Crippen MR) is 92.0 cm³/mol. The quantitative estimate of drug-likeness (QED) is 0.944. The van der Waals surface area contributed by atoms with Crippen LogP contribution in [0.3, 0.4) is 0 Å². The smallest absolute Gasteiger partial charge is 0.230 e. The standard InChI is InChI=1S/C19H24N2O2/c1-21(18(22)19(14-20)9-11-23-12-10-19)13-16-7-4-6-15-5-2-3-8-17(15)16/h2-8H,9-14,20H2,1H3. The van der Waals surface area contributed by atoms with E-state index in [-0.39, 0.29) is 5.91 Å². The van der Waals surface area contributed by atoms with Crippen LogP contribution < -0.4 is 5.73 Å². The van der Waals surface area contributed by atoms with Gasteiger partial charge in [0.25, 0.3) is 0 Å². The number of nitrogens with zero attached hydrogens (tertiary/aromatic N) is 1. The first-order valence-corrected chi connectivity index (χ1v) is 8.16. The van der Waals surface area contributed by atoms with Crippen LogP contribution >= 0.6 is 0 Å². The Balaban J connectivity index is 1.82. The third-order valence-electron chi connectivity index (χ3n) is 4.93.